The van der Waals surface area contributed by atoms with E-state index < -0.39 is 46.0 Å². The minimum atomic E-state index is -1.46. The molecule has 0 aromatic carbocycles. The molecule has 0 aliphatic heterocycles. The molecule has 202 valence electrons. The van der Waals surface area contributed by atoms with Crippen LogP contribution >= 0.6 is 22.9 Å². The first-order valence-corrected chi connectivity index (χ1v) is 13.8. The summed E-state index contributed by atoms with van der Waals surface area (Å²) in [5.41, 5.74) is -1.24. The Kier molecular flexibility index (Phi) is 7.51. The fourth-order valence-electron chi connectivity index (χ4n) is 6.78. The largest absolute Gasteiger partial charge is 0.469 e. The van der Waals surface area contributed by atoms with E-state index in [1.165, 1.54) is 30.6 Å². The van der Waals surface area contributed by atoms with Crippen molar-refractivity contribution in [1.29, 1.82) is 0 Å². The molecule has 1 heterocycles. The maximum Gasteiger partial charge on any atom is 0.349 e. The monoisotopic (exact) mass is 552 g/mol. The molecule has 1 aromatic heterocycles. The average Bonchev–Trinajstić information content (AvgIpc) is 3.26. The number of esters is 2. The number of hydrogen-bond donors (Lipinski definition) is 1. The third-order valence-electron chi connectivity index (χ3n) is 8.74. The summed E-state index contributed by atoms with van der Waals surface area (Å²) in [5, 5.41) is 13.4. The molecule has 2 unspecified atom stereocenters. The van der Waals surface area contributed by atoms with E-state index in [-0.39, 0.29) is 42.5 Å². The number of methoxy groups -OCH3 is 1. The number of carbonyl (C=O) groups excluding carboxylic acids is 3. The molecule has 3 aliphatic rings. The summed E-state index contributed by atoms with van der Waals surface area (Å²) in [6.07, 6.45) is 2.19. The van der Waals surface area contributed by atoms with Crippen LogP contribution in [-0.4, -0.2) is 52.7 Å². The summed E-state index contributed by atoms with van der Waals surface area (Å²) >= 11 is 8.68. The van der Waals surface area contributed by atoms with Gasteiger partial charge >= 0.3 is 11.9 Å². The number of rotatable bonds is 6. The highest BCUT2D eigenvalue weighted by Gasteiger charge is 2.69. The second-order valence-electron chi connectivity index (χ2n) is 11.2. The lowest BCUT2D eigenvalue weighted by atomic mass is 9.47. The quantitative estimate of drug-likeness (QED) is 0.378. The Labute approximate surface area is 225 Å². The predicted molar refractivity (Wildman–Crippen MR) is 139 cm³/mol. The van der Waals surface area contributed by atoms with Gasteiger partial charge in [0, 0.05) is 24.2 Å². The van der Waals surface area contributed by atoms with E-state index in [1.807, 2.05) is 25.3 Å². The van der Waals surface area contributed by atoms with Gasteiger partial charge in [-0.1, -0.05) is 19.9 Å². The van der Waals surface area contributed by atoms with Crippen molar-refractivity contribution >= 4 is 40.7 Å². The number of thiophene rings is 1. The van der Waals surface area contributed by atoms with Gasteiger partial charge in [0.05, 0.1) is 18.1 Å². The second-order valence-corrected chi connectivity index (χ2v) is 12.7. The lowest BCUT2D eigenvalue weighted by Crippen LogP contribution is -2.70. The van der Waals surface area contributed by atoms with Crippen molar-refractivity contribution in [2.24, 2.45) is 23.2 Å². The molecule has 9 heteroatoms. The van der Waals surface area contributed by atoms with Gasteiger partial charge in [-0.15, -0.1) is 22.9 Å². The summed E-state index contributed by atoms with van der Waals surface area (Å²) in [6.45, 7) is 7.25. The molecule has 37 heavy (non-hydrogen) atoms. The molecule has 6 nitrogen and oxygen atoms in total. The minimum Gasteiger partial charge on any atom is -0.469 e. The number of fused-ring (bicyclic) bond motifs is 3. The van der Waals surface area contributed by atoms with E-state index in [0.29, 0.717) is 11.3 Å². The summed E-state index contributed by atoms with van der Waals surface area (Å²) in [5.74, 6) is -2.45. The van der Waals surface area contributed by atoms with E-state index in [0.717, 1.165) is 5.56 Å². The number of hydrogen-bond acceptors (Lipinski definition) is 7. The summed E-state index contributed by atoms with van der Waals surface area (Å²) in [4.78, 5) is 36.5. The number of ether oxygens (including phenoxy) is 2. The Morgan fingerprint density at radius 3 is 2.68 bits per heavy atom. The van der Waals surface area contributed by atoms with Crippen LogP contribution in [0.15, 0.2) is 35.2 Å². The number of carbonyl (C=O) groups is 3. The van der Waals surface area contributed by atoms with Gasteiger partial charge in [-0.3, -0.25) is 9.59 Å². The van der Waals surface area contributed by atoms with Crippen LogP contribution in [-0.2, 0) is 19.1 Å². The molecular formula is C28H34ClFO6S. The Balaban J connectivity index is 1.78. The molecule has 0 radical (unpaired) electrons. The topological polar surface area (TPSA) is 89.9 Å². The van der Waals surface area contributed by atoms with Crippen molar-refractivity contribution in [3.05, 3.63) is 45.7 Å². The number of aliphatic hydroxyl groups excluding tert-OH is 1. The molecule has 0 bridgehead atoms. The third kappa shape index (κ3) is 4.59. The third-order valence-corrected chi connectivity index (χ3v) is 10.7. The highest BCUT2D eigenvalue weighted by atomic mass is 35.5. The standard InChI is InChI=1S/C28H34ClFO6S/c1-15(11-23(33)35-5)10-18-19-13-21(30)20-12-17(31)6-8-26(20,3)28(19,29)22(32)14-27(18,4)36-25(34)24-16(2)7-9-37-24/h6-9,12,15,18-19,21-22,32H,10-11,13-14H2,1-5H3/t15-,18?,19?,21+,22+,26+,27+,28+/m1/s1. The van der Waals surface area contributed by atoms with Crippen LogP contribution in [0.25, 0.3) is 0 Å². The molecule has 1 N–H and O–H groups in total. The molecule has 0 spiro atoms. The molecular weight excluding hydrogens is 519 g/mol. The molecule has 8 atom stereocenters. The smallest absolute Gasteiger partial charge is 0.349 e. The fourth-order valence-corrected chi connectivity index (χ4v) is 8.07. The first kappa shape index (κ1) is 28.0. The van der Waals surface area contributed by atoms with Crippen LogP contribution in [0.2, 0.25) is 0 Å². The van der Waals surface area contributed by atoms with Crippen molar-refractivity contribution < 1.29 is 33.4 Å². The second kappa shape index (κ2) is 9.93. The molecule has 2 fully saturated rings. The first-order chi connectivity index (χ1) is 17.3. The molecule has 1 aromatic rings. The number of ketones is 1. The SMILES string of the molecule is COC(=O)C[C@H](C)CC1C2C[C@H](F)C3=CC(=O)C=C[C@]3(C)[C@@]2(Cl)[C@@H](O)C[C@]1(C)OC(=O)c1sccc1C. The van der Waals surface area contributed by atoms with E-state index in [1.54, 1.807) is 19.9 Å². The Bertz CT molecular complexity index is 1160. The van der Waals surface area contributed by atoms with Crippen LogP contribution in [0.3, 0.4) is 0 Å². The van der Waals surface area contributed by atoms with Gasteiger partial charge in [0.25, 0.3) is 0 Å². The van der Waals surface area contributed by atoms with Gasteiger partial charge in [-0.25, -0.2) is 9.18 Å². The zero-order chi connectivity index (χ0) is 27.3. The molecule has 0 saturated heterocycles. The zero-order valence-electron chi connectivity index (χ0n) is 21.8. The van der Waals surface area contributed by atoms with Crippen molar-refractivity contribution in [1.82, 2.24) is 0 Å². The maximum atomic E-state index is 15.8. The molecule has 0 amide bonds. The van der Waals surface area contributed by atoms with E-state index in [9.17, 15) is 19.5 Å². The van der Waals surface area contributed by atoms with Crippen molar-refractivity contribution in [3.63, 3.8) is 0 Å². The molecule has 3 aliphatic carbocycles. The van der Waals surface area contributed by atoms with E-state index in [4.69, 9.17) is 21.1 Å². The normalized spacial score (nSPS) is 37.7. The van der Waals surface area contributed by atoms with Crippen LogP contribution in [0.1, 0.15) is 61.7 Å². The van der Waals surface area contributed by atoms with Crippen LogP contribution in [0, 0.1) is 30.1 Å². The predicted octanol–water partition coefficient (Wildman–Crippen LogP) is 5.35. The lowest BCUT2D eigenvalue weighted by Gasteiger charge is -2.63. The first-order valence-electron chi connectivity index (χ1n) is 12.6. The number of aryl methyl sites for hydroxylation is 1. The molecule has 2 saturated carbocycles. The molecule has 4 rings (SSSR count). The van der Waals surface area contributed by atoms with Gasteiger partial charge in [0.2, 0.25) is 0 Å². The van der Waals surface area contributed by atoms with Crippen LogP contribution < -0.4 is 0 Å². The minimum absolute atomic E-state index is 0.0282. The summed E-state index contributed by atoms with van der Waals surface area (Å²) in [7, 11) is 1.32. The van der Waals surface area contributed by atoms with Crippen molar-refractivity contribution in [3.8, 4) is 0 Å². The van der Waals surface area contributed by atoms with Gasteiger partial charge < -0.3 is 14.6 Å². The van der Waals surface area contributed by atoms with E-state index >= 15 is 4.39 Å². The highest BCUT2D eigenvalue weighted by molar-refractivity contribution is 7.12. The lowest BCUT2D eigenvalue weighted by molar-refractivity contribution is -0.160. The van der Waals surface area contributed by atoms with Crippen molar-refractivity contribution in [2.75, 3.05) is 7.11 Å². The number of allylic oxidation sites excluding steroid dienone is 4. The zero-order valence-corrected chi connectivity index (χ0v) is 23.3. The number of halogens is 2. The van der Waals surface area contributed by atoms with Crippen molar-refractivity contribution in [2.45, 2.75) is 76.1 Å². The fraction of sp³-hybridized carbons (Fsp3) is 0.607. The van der Waals surface area contributed by atoms with Crippen LogP contribution in [0.5, 0.6) is 0 Å². The Morgan fingerprint density at radius 1 is 1.35 bits per heavy atom. The highest BCUT2D eigenvalue weighted by Crippen LogP contribution is 2.65. The van der Waals surface area contributed by atoms with Gasteiger partial charge in [-0.2, -0.15) is 0 Å². The number of alkyl halides is 2. The van der Waals surface area contributed by atoms with Crippen LogP contribution in [0.4, 0.5) is 4.39 Å². The maximum absolute atomic E-state index is 15.8. The van der Waals surface area contributed by atoms with Gasteiger partial charge in [0.15, 0.2) is 5.78 Å². The van der Waals surface area contributed by atoms with Gasteiger partial charge in [-0.05, 0) is 73.3 Å². The summed E-state index contributed by atoms with van der Waals surface area (Å²) < 4.78 is 26.8. The Hall–Kier alpha value is -2.03. The van der Waals surface area contributed by atoms with E-state index in [2.05, 4.69) is 0 Å². The van der Waals surface area contributed by atoms with Gasteiger partial charge in [0.1, 0.15) is 16.6 Å². The summed E-state index contributed by atoms with van der Waals surface area (Å²) in [6, 6.07) is 1.83. The number of aliphatic hydroxyl groups is 1. The Morgan fingerprint density at radius 2 is 2.05 bits per heavy atom. The average molecular weight is 553 g/mol.